The first-order valence-corrected chi connectivity index (χ1v) is 10.1. The highest BCUT2D eigenvalue weighted by atomic mass is 32.2. The molecule has 1 saturated heterocycles. The average molecular weight is 395 g/mol. The second-order valence-electron chi connectivity index (χ2n) is 6.07. The summed E-state index contributed by atoms with van der Waals surface area (Å²) in [5.74, 6) is 0.779. The van der Waals surface area contributed by atoms with E-state index in [0.717, 1.165) is 36.7 Å². The van der Waals surface area contributed by atoms with Crippen molar-refractivity contribution in [2.24, 2.45) is 0 Å². The lowest BCUT2D eigenvalue weighted by Crippen LogP contribution is -2.37. The number of benzene rings is 1. The van der Waals surface area contributed by atoms with Crippen LogP contribution in [-0.2, 0) is 14.8 Å². The Morgan fingerprint density at radius 3 is 2.56 bits per heavy atom. The van der Waals surface area contributed by atoms with E-state index < -0.39 is 15.8 Å². The van der Waals surface area contributed by atoms with Crippen molar-refractivity contribution >= 4 is 21.8 Å². The van der Waals surface area contributed by atoms with E-state index in [-0.39, 0.29) is 11.4 Å². The maximum absolute atomic E-state index is 12.9. The van der Waals surface area contributed by atoms with Crippen LogP contribution in [0.2, 0.25) is 0 Å². The van der Waals surface area contributed by atoms with E-state index >= 15 is 0 Å². The zero-order chi connectivity index (χ0) is 19.3. The zero-order valence-corrected chi connectivity index (χ0v) is 15.8. The second kappa shape index (κ2) is 8.59. The third-order valence-electron chi connectivity index (χ3n) is 4.00. The molecule has 1 aliphatic rings. The van der Waals surface area contributed by atoms with Gasteiger partial charge in [-0.3, -0.25) is 0 Å². The highest BCUT2D eigenvalue weighted by Gasteiger charge is 2.15. The Balaban J connectivity index is 1.55. The number of ether oxygens (including phenoxy) is 1. The van der Waals surface area contributed by atoms with Crippen molar-refractivity contribution < 1.29 is 17.5 Å². The summed E-state index contributed by atoms with van der Waals surface area (Å²) in [4.78, 5) is 11.0. The summed E-state index contributed by atoms with van der Waals surface area (Å²) in [7, 11) is -3.68. The molecule has 1 aromatic heterocycles. The summed E-state index contributed by atoms with van der Waals surface area (Å²) in [6, 6.07) is 6.58. The molecule has 27 heavy (non-hydrogen) atoms. The van der Waals surface area contributed by atoms with Gasteiger partial charge in [-0.1, -0.05) is 0 Å². The maximum Gasteiger partial charge on any atom is 0.240 e. The van der Waals surface area contributed by atoms with E-state index in [1.165, 1.54) is 12.1 Å². The molecule has 0 radical (unpaired) electrons. The number of halogens is 1. The van der Waals surface area contributed by atoms with Crippen LogP contribution in [0.4, 0.5) is 16.2 Å². The topological polar surface area (TPSA) is 96.5 Å². The Hall–Kier alpha value is -2.30. The zero-order valence-electron chi connectivity index (χ0n) is 15.0. The number of rotatable bonds is 7. The average Bonchev–Trinajstić information content (AvgIpc) is 2.66. The van der Waals surface area contributed by atoms with Gasteiger partial charge in [0.05, 0.1) is 18.1 Å². The van der Waals surface area contributed by atoms with Crippen molar-refractivity contribution in [3.63, 3.8) is 0 Å². The van der Waals surface area contributed by atoms with Gasteiger partial charge >= 0.3 is 0 Å². The van der Waals surface area contributed by atoms with Crippen LogP contribution in [0, 0.1) is 12.7 Å². The number of morpholine rings is 1. The summed E-state index contributed by atoms with van der Waals surface area (Å²) < 4.78 is 45.0. The quantitative estimate of drug-likeness (QED) is 0.679. The molecule has 2 N–H and O–H groups in total. The summed E-state index contributed by atoms with van der Waals surface area (Å²) in [5.41, 5.74) is 0.820. The molecule has 2 aromatic rings. The Morgan fingerprint density at radius 1 is 1.15 bits per heavy atom. The minimum atomic E-state index is -3.68. The van der Waals surface area contributed by atoms with Crippen LogP contribution < -0.4 is 14.9 Å². The van der Waals surface area contributed by atoms with Gasteiger partial charge < -0.3 is 15.0 Å². The largest absolute Gasteiger partial charge is 0.378 e. The fraction of sp³-hybridized carbons (Fsp3) is 0.412. The Labute approximate surface area is 157 Å². The van der Waals surface area contributed by atoms with Crippen LogP contribution in [0.25, 0.3) is 0 Å². The number of hydrogen-bond donors (Lipinski definition) is 2. The summed E-state index contributed by atoms with van der Waals surface area (Å²) in [6.45, 7) is 5.21. The van der Waals surface area contributed by atoms with Crippen LogP contribution in [-0.4, -0.2) is 57.8 Å². The van der Waals surface area contributed by atoms with Crippen LogP contribution in [0.3, 0.4) is 0 Å². The van der Waals surface area contributed by atoms with Gasteiger partial charge in [0.2, 0.25) is 16.0 Å². The van der Waals surface area contributed by atoms with Crippen molar-refractivity contribution in [3.8, 4) is 0 Å². The maximum atomic E-state index is 12.9. The third-order valence-corrected chi connectivity index (χ3v) is 5.48. The first-order valence-electron chi connectivity index (χ1n) is 8.61. The highest BCUT2D eigenvalue weighted by Crippen LogP contribution is 2.16. The molecule has 0 aliphatic carbocycles. The van der Waals surface area contributed by atoms with Crippen LogP contribution in [0.15, 0.2) is 35.2 Å². The molecule has 0 atom stereocenters. The van der Waals surface area contributed by atoms with E-state index in [0.29, 0.717) is 25.7 Å². The van der Waals surface area contributed by atoms with Gasteiger partial charge in [-0.25, -0.2) is 22.5 Å². The first kappa shape index (κ1) is 19.5. The number of aryl methyl sites for hydroxylation is 1. The standard InChI is InChI=1S/C17H22FN5O3S/c1-13-12-16(23-8-10-26-11-9-23)22-17(21-13)19-6-7-20-27(24,25)15-4-2-14(18)3-5-15/h2-5,12,20H,6-11H2,1H3,(H,19,21,22). The van der Waals surface area contributed by atoms with E-state index in [1.54, 1.807) is 0 Å². The van der Waals surface area contributed by atoms with Gasteiger partial charge in [0.15, 0.2) is 0 Å². The van der Waals surface area contributed by atoms with E-state index in [9.17, 15) is 12.8 Å². The van der Waals surface area contributed by atoms with Crippen molar-refractivity contribution in [1.82, 2.24) is 14.7 Å². The minimum absolute atomic E-state index is 0.0188. The first-order chi connectivity index (χ1) is 12.9. The molecule has 8 nitrogen and oxygen atoms in total. The van der Waals surface area contributed by atoms with E-state index in [2.05, 4.69) is 24.9 Å². The van der Waals surface area contributed by atoms with Crippen LogP contribution in [0.1, 0.15) is 5.69 Å². The molecule has 0 bridgehead atoms. The lowest BCUT2D eigenvalue weighted by Gasteiger charge is -2.28. The molecule has 0 unspecified atom stereocenters. The second-order valence-corrected chi connectivity index (χ2v) is 7.84. The van der Waals surface area contributed by atoms with Gasteiger partial charge in [0.25, 0.3) is 0 Å². The fourth-order valence-electron chi connectivity index (χ4n) is 2.64. The number of aromatic nitrogens is 2. The van der Waals surface area contributed by atoms with Crippen molar-refractivity contribution in [3.05, 3.63) is 41.8 Å². The van der Waals surface area contributed by atoms with E-state index in [1.807, 2.05) is 13.0 Å². The molecule has 1 fully saturated rings. The van der Waals surface area contributed by atoms with Crippen LogP contribution in [0.5, 0.6) is 0 Å². The Morgan fingerprint density at radius 2 is 1.85 bits per heavy atom. The predicted octanol–water partition coefficient (Wildman–Crippen LogP) is 1.15. The van der Waals surface area contributed by atoms with Gasteiger partial charge in [-0.15, -0.1) is 0 Å². The number of nitrogens with one attached hydrogen (secondary N) is 2. The van der Waals surface area contributed by atoms with Crippen molar-refractivity contribution in [2.75, 3.05) is 49.6 Å². The van der Waals surface area contributed by atoms with Gasteiger partial charge in [-0.05, 0) is 31.2 Å². The summed E-state index contributed by atoms with van der Waals surface area (Å²) in [6.07, 6.45) is 0. The lowest BCUT2D eigenvalue weighted by atomic mass is 10.3. The molecule has 3 rings (SSSR count). The van der Waals surface area contributed by atoms with Gasteiger partial charge in [0, 0.05) is 37.9 Å². The molecule has 2 heterocycles. The number of anilines is 2. The molecule has 0 spiro atoms. The summed E-state index contributed by atoms with van der Waals surface area (Å²) >= 11 is 0. The lowest BCUT2D eigenvalue weighted by molar-refractivity contribution is 0.122. The molecular weight excluding hydrogens is 373 g/mol. The molecule has 0 amide bonds. The molecule has 10 heteroatoms. The Bertz CT molecular complexity index is 871. The van der Waals surface area contributed by atoms with Gasteiger partial charge in [0.1, 0.15) is 11.6 Å². The molecule has 146 valence electrons. The predicted molar refractivity (Wildman–Crippen MR) is 99.9 cm³/mol. The monoisotopic (exact) mass is 395 g/mol. The van der Waals surface area contributed by atoms with Crippen LogP contribution >= 0.6 is 0 Å². The molecule has 0 saturated carbocycles. The smallest absolute Gasteiger partial charge is 0.240 e. The third kappa shape index (κ3) is 5.34. The van der Waals surface area contributed by atoms with Crippen molar-refractivity contribution in [1.29, 1.82) is 0 Å². The number of hydrogen-bond acceptors (Lipinski definition) is 7. The number of nitrogens with zero attached hydrogens (tertiary/aromatic N) is 3. The molecule has 1 aromatic carbocycles. The highest BCUT2D eigenvalue weighted by molar-refractivity contribution is 7.89. The van der Waals surface area contributed by atoms with E-state index in [4.69, 9.17) is 4.74 Å². The molecule has 1 aliphatic heterocycles. The molecular formula is C17H22FN5O3S. The SMILES string of the molecule is Cc1cc(N2CCOCC2)nc(NCCNS(=O)(=O)c2ccc(F)cc2)n1. The summed E-state index contributed by atoms with van der Waals surface area (Å²) in [5, 5.41) is 3.03. The fourth-order valence-corrected chi connectivity index (χ4v) is 3.67. The number of sulfonamides is 1. The van der Waals surface area contributed by atoms with Gasteiger partial charge in [-0.2, -0.15) is 4.98 Å². The van der Waals surface area contributed by atoms with Crippen molar-refractivity contribution in [2.45, 2.75) is 11.8 Å². The minimum Gasteiger partial charge on any atom is -0.378 e. The Kier molecular flexibility index (Phi) is 6.19. The normalized spacial score (nSPS) is 15.0.